The Morgan fingerprint density at radius 3 is 3.07 bits per heavy atom. The van der Waals surface area contributed by atoms with E-state index in [-0.39, 0.29) is 5.91 Å². The molecule has 0 N–H and O–H groups in total. The first-order valence-corrected chi connectivity index (χ1v) is 6.19. The number of thioether (sulfide) groups is 1. The quantitative estimate of drug-likeness (QED) is 0.734. The van der Waals surface area contributed by atoms with Crippen molar-refractivity contribution in [3.8, 4) is 0 Å². The molecule has 1 radical (unpaired) electrons. The maximum absolute atomic E-state index is 11.3. The van der Waals surface area contributed by atoms with Gasteiger partial charge in [-0.25, -0.2) is 0 Å². The smallest absolute Gasteiger partial charge is 0.248 e. The predicted molar refractivity (Wildman–Crippen MR) is 61.9 cm³/mol. The second-order valence-corrected chi connectivity index (χ2v) is 4.79. The van der Waals surface area contributed by atoms with E-state index in [0.29, 0.717) is 17.5 Å². The minimum absolute atomic E-state index is 0.0738. The molecular weight excluding hydrogens is 210 g/mol. The van der Waals surface area contributed by atoms with Gasteiger partial charge in [-0.15, -0.1) is 10.5 Å². The zero-order chi connectivity index (χ0) is 10.7. The first kappa shape index (κ1) is 10.7. The molecule has 1 saturated carbocycles. The summed E-state index contributed by atoms with van der Waals surface area (Å²) in [5.74, 6) is 0.521. The highest BCUT2D eigenvalue weighted by Crippen LogP contribution is 2.37. The van der Waals surface area contributed by atoms with Crippen molar-refractivity contribution in [2.75, 3.05) is 0 Å². The van der Waals surface area contributed by atoms with Crippen LogP contribution in [0.25, 0.3) is 0 Å². The molecular formula is C10H14N3OS. The Morgan fingerprint density at radius 2 is 2.40 bits per heavy atom. The fourth-order valence-corrected chi connectivity index (χ4v) is 2.16. The highest BCUT2D eigenvalue weighted by molar-refractivity contribution is 8.26. The third kappa shape index (κ3) is 3.06. The van der Waals surface area contributed by atoms with Crippen LogP contribution >= 0.6 is 11.8 Å². The molecule has 81 valence electrons. The lowest BCUT2D eigenvalue weighted by Gasteiger charge is -1.94. The van der Waals surface area contributed by atoms with Crippen molar-refractivity contribution in [3.63, 3.8) is 0 Å². The summed E-state index contributed by atoms with van der Waals surface area (Å²) in [4.78, 5) is 15.3. The van der Waals surface area contributed by atoms with E-state index in [0.717, 1.165) is 17.9 Å². The number of aliphatic imine (C=N–C) groups is 1. The molecule has 0 atom stereocenters. The second kappa shape index (κ2) is 4.79. The molecule has 1 amide bonds. The Morgan fingerprint density at radius 1 is 1.60 bits per heavy atom. The third-order valence-electron chi connectivity index (χ3n) is 2.32. The molecule has 15 heavy (non-hydrogen) atoms. The van der Waals surface area contributed by atoms with Gasteiger partial charge in [0.2, 0.25) is 11.1 Å². The van der Waals surface area contributed by atoms with E-state index in [1.807, 2.05) is 0 Å². The third-order valence-corrected chi connectivity index (χ3v) is 3.30. The summed E-state index contributed by atoms with van der Waals surface area (Å²) < 4.78 is 0. The number of amidine groups is 1. The fourth-order valence-electron chi connectivity index (χ4n) is 1.26. The van der Waals surface area contributed by atoms with Crippen LogP contribution in [0.4, 0.5) is 0 Å². The van der Waals surface area contributed by atoms with Crippen molar-refractivity contribution in [1.29, 1.82) is 0 Å². The van der Waals surface area contributed by atoms with Crippen molar-refractivity contribution in [1.82, 2.24) is 5.43 Å². The Hall–Kier alpha value is -0.840. The molecule has 0 saturated heterocycles. The minimum Gasteiger partial charge on any atom is -0.273 e. The average Bonchev–Trinajstić information content (AvgIpc) is 2.98. The van der Waals surface area contributed by atoms with Crippen LogP contribution in [-0.4, -0.2) is 16.1 Å². The van der Waals surface area contributed by atoms with E-state index < -0.39 is 0 Å². The fraction of sp³-hybridized carbons (Fsp3) is 0.700. The minimum atomic E-state index is -0.0738. The van der Waals surface area contributed by atoms with Gasteiger partial charge in [0, 0.05) is 12.3 Å². The lowest BCUT2D eigenvalue weighted by Crippen LogP contribution is -2.04. The van der Waals surface area contributed by atoms with Gasteiger partial charge in [-0.2, -0.15) is 4.99 Å². The van der Waals surface area contributed by atoms with Crippen molar-refractivity contribution in [3.05, 3.63) is 0 Å². The van der Waals surface area contributed by atoms with Crippen LogP contribution in [0.1, 0.15) is 39.0 Å². The Balaban J connectivity index is 1.80. The summed E-state index contributed by atoms with van der Waals surface area (Å²) in [6.07, 6.45) is 4.85. The van der Waals surface area contributed by atoms with Gasteiger partial charge in [0.1, 0.15) is 5.04 Å². The van der Waals surface area contributed by atoms with Gasteiger partial charge in [-0.1, -0.05) is 13.3 Å². The van der Waals surface area contributed by atoms with E-state index in [4.69, 9.17) is 0 Å². The molecule has 0 unspecified atom stereocenters. The first-order valence-electron chi connectivity index (χ1n) is 5.37. The molecule has 1 aliphatic carbocycles. The van der Waals surface area contributed by atoms with Crippen LogP contribution in [0.15, 0.2) is 10.1 Å². The van der Waals surface area contributed by atoms with Crippen molar-refractivity contribution in [2.45, 2.75) is 39.0 Å². The van der Waals surface area contributed by atoms with Crippen molar-refractivity contribution < 1.29 is 4.79 Å². The van der Waals surface area contributed by atoms with Gasteiger partial charge in [0.15, 0.2) is 0 Å². The summed E-state index contributed by atoms with van der Waals surface area (Å²) >= 11 is 1.46. The molecule has 1 fully saturated rings. The zero-order valence-electron chi connectivity index (χ0n) is 8.77. The predicted octanol–water partition coefficient (Wildman–Crippen LogP) is 2.13. The molecule has 0 bridgehead atoms. The van der Waals surface area contributed by atoms with Gasteiger partial charge < -0.3 is 0 Å². The topological polar surface area (TPSA) is 55.9 Å². The van der Waals surface area contributed by atoms with Gasteiger partial charge in [0.05, 0.1) is 0 Å². The largest absolute Gasteiger partial charge is 0.273 e. The number of hydrogen-bond acceptors (Lipinski definition) is 3. The van der Waals surface area contributed by atoms with E-state index in [1.165, 1.54) is 24.6 Å². The summed E-state index contributed by atoms with van der Waals surface area (Å²) in [7, 11) is 0. The second-order valence-electron chi connectivity index (χ2n) is 3.81. The number of unbranched alkanes of at least 4 members (excludes halogenated alkanes) is 1. The van der Waals surface area contributed by atoms with Crippen LogP contribution in [-0.2, 0) is 4.79 Å². The standard InChI is InChI=1S/C10H14N3OS/c1-2-3-4-8(14)11-10-13-12-9(15-10)7-5-6-7/h7H,2-6H2,1H3. The molecule has 0 aromatic rings. The molecule has 0 aromatic heterocycles. The molecule has 4 nitrogen and oxygen atoms in total. The highest BCUT2D eigenvalue weighted by atomic mass is 32.2. The van der Waals surface area contributed by atoms with Gasteiger partial charge >= 0.3 is 0 Å². The number of amides is 1. The van der Waals surface area contributed by atoms with E-state index >= 15 is 0 Å². The average molecular weight is 224 g/mol. The monoisotopic (exact) mass is 224 g/mol. The number of carbonyl (C=O) groups excluding carboxylic acids is 1. The first-order chi connectivity index (χ1) is 7.29. The Kier molecular flexibility index (Phi) is 3.41. The molecule has 5 heteroatoms. The van der Waals surface area contributed by atoms with Crippen molar-refractivity contribution in [2.24, 2.45) is 16.0 Å². The normalized spacial score (nSPS) is 22.7. The lowest BCUT2D eigenvalue weighted by atomic mass is 10.2. The van der Waals surface area contributed by atoms with Crippen LogP contribution in [0.2, 0.25) is 0 Å². The summed E-state index contributed by atoms with van der Waals surface area (Å²) in [5.41, 5.74) is 3.91. The number of carbonyl (C=O) groups is 1. The van der Waals surface area contributed by atoms with Gasteiger partial charge in [0.25, 0.3) is 0 Å². The molecule has 2 rings (SSSR count). The molecule has 0 aromatic carbocycles. The van der Waals surface area contributed by atoms with Crippen LogP contribution in [0.3, 0.4) is 0 Å². The molecule has 0 spiro atoms. The van der Waals surface area contributed by atoms with Gasteiger partial charge in [-0.3, -0.25) is 4.79 Å². The number of hydrogen-bond donors (Lipinski definition) is 0. The Labute approximate surface area is 93.6 Å². The Bertz CT molecular complexity index is 321. The van der Waals surface area contributed by atoms with Crippen molar-refractivity contribution >= 4 is 27.9 Å². The molecule has 1 aliphatic heterocycles. The number of nitrogens with zero attached hydrogens (tertiary/aromatic N) is 3. The van der Waals surface area contributed by atoms with E-state index in [1.54, 1.807) is 0 Å². The van der Waals surface area contributed by atoms with Gasteiger partial charge in [-0.05, 0) is 31.0 Å². The highest BCUT2D eigenvalue weighted by Gasteiger charge is 2.33. The van der Waals surface area contributed by atoms with Crippen LogP contribution in [0, 0.1) is 5.92 Å². The summed E-state index contributed by atoms with van der Waals surface area (Å²) in [6.45, 7) is 2.06. The van der Waals surface area contributed by atoms with E-state index in [2.05, 4.69) is 22.4 Å². The van der Waals surface area contributed by atoms with Crippen LogP contribution < -0.4 is 5.43 Å². The maximum Gasteiger partial charge on any atom is 0.248 e. The SMILES string of the molecule is CCCCC(=O)N=C1[N]N=C(C2CC2)S1. The molecule has 2 aliphatic rings. The summed E-state index contributed by atoms with van der Waals surface area (Å²) in [5, 5.41) is 5.60. The zero-order valence-corrected chi connectivity index (χ0v) is 9.59. The van der Waals surface area contributed by atoms with E-state index in [9.17, 15) is 4.79 Å². The number of rotatable bonds is 4. The van der Waals surface area contributed by atoms with Crippen LogP contribution in [0.5, 0.6) is 0 Å². The summed E-state index contributed by atoms with van der Waals surface area (Å²) in [6, 6.07) is 0. The molecule has 1 heterocycles. The maximum atomic E-state index is 11.3. The lowest BCUT2D eigenvalue weighted by molar-refractivity contribution is -0.117.